The Labute approximate surface area is 122 Å². The van der Waals surface area contributed by atoms with Gasteiger partial charge in [0, 0.05) is 36.9 Å². The van der Waals surface area contributed by atoms with E-state index in [1.54, 1.807) is 17.8 Å². The number of amides is 1. The molecule has 20 heavy (non-hydrogen) atoms. The molecule has 2 atom stereocenters. The Bertz CT molecular complexity index is 561. The van der Waals surface area contributed by atoms with Gasteiger partial charge in [0.15, 0.2) is 0 Å². The smallest absolute Gasteiger partial charge is 0.292 e. The quantitative estimate of drug-likeness (QED) is 0.900. The van der Waals surface area contributed by atoms with E-state index in [-0.39, 0.29) is 24.1 Å². The molecular formula is C14H17N3O2S. The second-order valence-electron chi connectivity index (χ2n) is 5.19. The summed E-state index contributed by atoms with van der Waals surface area (Å²) in [7, 11) is 3.88. The lowest BCUT2D eigenvalue weighted by molar-refractivity contribution is 0.0823. The molecule has 0 unspecified atom stereocenters. The van der Waals surface area contributed by atoms with Gasteiger partial charge in [-0.3, -0.25) is 15.1 Å². The third-order valence-electron chi connectivity index (χ3n) is 3.64. The third-order valence-corrected chi connectivity index (χ3v) is 4.78. The van der Waals surface area contributed by atoms with Crippen LogP contribution >= 0.6 is 11.8 Å². The fraction of sp³-hybridized carbons (Fsp3) is 0.429. The lowest BCUT2D eigenvalue weighted by atomic mass is 10.1. The predicted molar refractivity (Wildman–Crippen MR) is 80.7 cm³/mol. The summed E-state index contributed by atoms with van der Waals surface area (Å²) in [5.41, 5.74) is 1.57. The fourth-order valence-corrected chi connectivity index (χ4v) is 3.79. The second-order valence-corrected chi connectivity index (χ2v) is 6.26. The van der Waals surface area contributed by atoms with Gasteiger partial charge in [0.05, 0.1) is 6.04 Å². The summed E-state index contributed by atoms with van der Waals surface area (Å²) >= 11 is 1.77. The van der Waals surface area contributed by atoms with Crippen LogP contribution in [-0.4, -0.2) is 54.6 Å². The van der Waals surface area contributed by atoms with Gasteiger partial charge in [-0.05, 0) is 18.2 Å². The molecule has 3 rings (SSSR count). The molecule has 1 N–H and O–H groups in total. The normalized spacial score (nSPS) is 24.5. The molecule has 1 aromatic carbocycles. The van der Waals surface area contributed by atoms with Crippen LogP contribution in [0.15, 0.2) is 24.3 Å². The number of thioether (sulfide) groups is 1. The zero-order chi connectivity index (χ0) is 14.3. The van der Waals surface area contributed by atoms with E-state index in [2.05, 4.69) is 0 Å². The van der Waals surface area contributed by atoms with E-state index in [0.717, 1.165) is 17.2 Å². The van der Waals surface area contributed by atoms with Crippen molar-refractivity contribution in [2.75, 3.05) is 30.5 Å². The summed E-state index contributed by atoms with van der Waals surface area (Å²) in [5, 5.41) is 7.89. The molecule has 1 aromatic rings. The number of benzene rings is 1. The molecule has 2 aliphatic heterocycles. The van der Waals surface area contributed by atoms with Gasteiger partial charge in [-0.15, -0.1) is 0 Å². The highest BCUT2D eigenvalue weighted by Gasteiger charge is 2.46. The number of carbonyl (C=O) groups is 1. The number of ether oxygens (including phenoxy) is 1. The number of fused-ring (bicyclic) bond motifs is 1. The fourth-order valence-electron chi connectivity index (χ4n) is 2.53. The number of nitrogens with one attached hydrogen (secondary N) is 1. The van der Waals surface area contributed by atoms with Crippen molar-refractivity contribution in [3.8, 4) is 0 Å². The molecule has 2 saturated heterocycles. The number of anilines is 1. The average Bonchev–Trinajstić information content (AvgIpc) is 2.98. The molecular weight excluding hydrogens is 274 g/mol. The van der Waals surface area contributed by atoms with Crippen molar-refractivity contribution < 1.29 is 9.53 Å². The van der Waals surface area contributed by atoms with Crippen LogP contribution in [0.1, 0.15) is 10.4 Å². The number of hydrogen-bond acceptors (Lipinski definition) is 5. The molecule has 0 aromatic heterocycles. The van der Waals surface area contributed by atoms with E-state index in [1.165, 1.54) is 4.90 Å². The first-order valence-corrected chi connectivity index (χ1v) is 7.67. The maximum atomic E-state index is 12.7. The Morgan fingerprint density at radius 2 is 2.25 bits per heavy atom. The molecule has 0 aliphatic carbocycles. The average molecular weight is 291 g/mol. The summed E-state index contributed by atoms with van der Waals surface area (Å²) in [5.74, 6) is 1.55. The van der Waals surface area contributed by atoms with Crippen molar-refractivity contribution in [3.05, 3.63) is 29.8 Å². The standard InChI is InChI=1S/C14H17N3O2S/c1-16(2)10-5-3-4-9(6-10)13(18)17-11-7-20-8-12(11)19-14(17)15/h3-6,11-12,15H,7-8H2,1-2H3/t11-,12+/m0/s1. The Hall–Kier alpha value is -1.69. The maximum absolute atomic E-state index is 12.7. The molecule has 0 bridgehead atoms. The van der Waals surface area contributed by atoms with Crippen LogP contribution in [0.3, 0.4) is 0 Å². The monoisotopic (exact) mass is 291 g/mol. The first-order chi connectivity index (χ1) is 9.58. The van der Waals surface area contributed by atoms with Gasteiger partial charge in [-0.1, -0.05) is 6.07 Å². The summed E-state index contributed by atoms with van der Waals surface area (Å²) in [6, 6.07) is 7.45. The van der Waals surface area contributed by atoms with Crippen LogP contribution < -0.4 is 4.90 Å². The Kier molecular flexibility index (Phi) is 3.33. The number of amidine groups is 1. The van der Waals surface area contributed by atoms with Crippen molar-refractivity contribution in [2.24, 2.45) is 0 Å². The number of rotatable bonds is 2. The molecule has 1 amide bonds. The molecule has 5 nitrogen and oxygen atoms in total. The molecule has 2 heterocycles. The summed E-state index contributed by atoms with van der Waals surface area (Å²) in [4.78, 5) is 16.1. The number of carbonyl (C=O) groups excluding carboxylic acids is 1. The first-order valence-electron chi connectivity index (χ1n) is 6.52. The minimum absolute atomic E-state index is 0.00279. The Morgan fingerprint density at radius 3 is 3.00 bits per heavy atom. The van der Waals surface area contributed by atoms with Crippen molar-refractivity contribution in [3.63, 3.8) is 0 Å². The van der Waals surface area contributed by atoms with E-state index in [1.807, 2.05) is 37.2 Å². The number of nitrogens with zero attached hydrogens (tertiary/aromatic N) is 2. The highest BCUT2D eigenvalue weighted by atomic mass is 32.2. The van der Waals surface area contributed by atoms with Gasteiger partial charge in [-0.2, -0.15) is 11.8 Å². The van der Waals surface area contributed by atoms with Crippen LogP contribution in [0.4, 0.5) is 5.69 Å². The van der Waals surface area contributed by atoms with Crippen molar-refractivity contribution >= 4 is 29.4 Å². The Morgan fingerprint density at radius 1 is 1.45 bits per heavy atom. The lowest BCUT2D eigenvalue weighted by Crippen LogP contribution is -2.41. The Balaban J connectivity index is 1.88. The van der Waals surface area contributed by atoms with Gasteiger partial charge in [0.25, 0.3) is 11.9 Å². The van der Waals surface area contributed by atoms with Crippen LogP contribution in [0, 0.1) is 5.41 Å². The lowest BCUT2D eigenvalue weighted by Gasteiger charge is -2.20. The zero-order valence-electron chi connectivity index (χ0n) is 11.5. The third kappa shape index (κ3) is 2.14. The SMILES string of the molecule is CN(C)c1cccc(C(=O)N2C(=N)O[C@@H]3CSC[C@@H]32)c1. The maximum Gasteiger partial charge on any atom is 0.292 e. The summed E-state index contributed by atoms with van der Waals surface area (Å²) in [6.45, 7) is 0. The van der Waals surface area contributed by atoms with E-state index in [4.69, 9.17) is 10.1 Å². The predicted octanol–water partition coefficient (Wildman–Crippen LogP) is 1.64. The van der Waals surface area contributed by atoms with Crippen LogP contribution in [0.2, 0.25) is 0 Å². The van der Waals surface area contributed by atoms with Crippen LogP contribution in [0.5, 0.6) is 0 Å². The first kappa shape index (κ1) is 13.3. The molecule has 0 saturated carbocycles. The molecule has 2 fully saturated rings. The topological polar surface area (TPSA) is 56.6 Å². The summed E-state index contributed by atoms with van der Waals surface area (Å²) in [6.07, 6.45) is -0.0199. The van der Waals surface area contributed by atoms with Crippen LogP contribution in [-0.2, 0) is 4.74 Å². The van der Waals surface area contributed by atoms with Gasteiger partial charge in [-0.25, -0.2) is 0 Å². The largest absolute Gasteiger partial charge is 0.459 e. The molecule has 0 spiro atoms. The van der Waals surface area contributed by atoms with Gasteiger partial charge >= 0.3 is 0 Å². The minimum atomic E-state index is -0.145. The van der Waals surface area contributed by atoms with E-state index in [9.17, 15) is 4.79 Å². The second kappa shape index (κ2) is 5.01. The molecule has 2 aliphatic rings. The van der Waals surface area contributed by atoms with Crippen LogP contribution in [0.25, 0.3) is 0 Å². The highest BCUT2D eigenvalue weighted by Crippen LogP contribution is 2.32. The summed E-state index contributed by atoms with van der Waals surface area (Å²) < 4.78 is 5.48. The molecule has 6 heteroatoms. The van der Waals surface area contributed by atoms with Crippen molar-refractivity contribution in [1.29, 1.82) is 5.41 Å². The van der Waals surface area contributed by atoms with E-state index < -0.39 is 0 Å². The molecule has 0 radical (unpaired) electrons. The van der Waals surface area contributed by atoms with Gasteiger partial charge < -0.3 is 9.64 Å². The van der Waals surface area contributed by atoms with Gasteiger partial charge in [0.2, 0.25) is 0 Å². The molecule has 106 valence electrons. The minimum Gasteiger partial charge on any atom is -0.459 e. The van der Waals surface area contributed by atoms with Gasteiger partial charge in [0.1, 0.15) is 6.10 Å². The van der Waals surface area contributed by atoms with E-state index in [0.29, 0.717) is 5.56 Å². The number of hydrogen-bond donors (Lipinski definition) is 1. The van der Waals surface area contributed by atoms with Crippen molar-refractivity contribution in [2.45, 2.75) is 12.1 Å². The van der Waals surface area contributed by atoms with E-state index >= 15 is 0 Å². The highest BCUT2D eigenvalue weighted by molar-refractivity contribution is 7.99. The zero-order valence-corrected chi connectivity index (χ0v) is 12.3. The van der Waals surface area contributed by atoms with Crippen molar-refractivity contribution in [1.82, 2.24) is 4.90 Å².